The Morgan fingerprint density at radius 1 is 1.27 bits per heavy atom. The maximum Gasteiger partial charge on any atom is 0.252 e. The number of aliphatic imine (C=N–C) groups is 1. The second-order valence-electron chi connectivity index (χ2n) is 6.24. The normalized spacial score (nSPS) is 25.3. The van der Waals surface area contributed by atoms with Crippen molar-refractivity contribution in [2.24, 2.45) is 4.99 Å². The second kappa shape index (κ2) is 7.48. The molecule has 0 bridgehead atoms. The SMILES string of the molecule is CCN1C(=NC(=O)Cc2ccc(OC)c(OC)c2)S[C@H]2CS(=O)(=O)C[C@H]21. The van der Waals surface area contributed by atoms with Crippen LogP contribution in [-0.2, 0) is 21.1 Å². The molecule has 0 radical (unpaired) electrons. The number of amidine groups is 1. The molecule has 0 unspecified atom stereocenters. The van der Waals surface area contributed by atoms with Crippen LogP contribution in [0.4, 0.5) is 0 Å². The van der Waals surface area contributed by atoms with E-state index < -0.39 is 9.84 Å². The minimum Gasteiger partial charge on any atom is -0.493 e. The Bertz CT molecular complexity index is 838. The van der Waals surface area contributed by atoms with Crippen molar-refractivity contribution in [2.75, 3.05) is 32.3 Å². The highest BCUT2D eigenvalue weighted by Gasteiger charge is 2.48. The molecule has 2 saturated heterocycles. The average Bonchev–Trinajstić information content (AvgIpc) is 3.04. The molecule has 7 nitrogen and oxygen atoms in total. The van der Waals surface area contributed by atoms with E-state index in [4.69, 9.17) is 9.47 Å². The third kappa shape index (κ3) is 3.83. The summed E-state index contributed by atoms with van der Waals surface area (Å²) in [6.45, 7) is 2.58. The van der Waals surface area contributed by atoms with E-state index in [0.29, 0.717) is 23.2 Å². The van der Waals surface area contributed by atoms with Gasteiger partial charge in [-0.1, -0.05) is 17.8 Å². The number of carbonyl (C=O) groups is 1. The van der Waals surface area contributed by atoms with Gasteiger partial charge in [-0.25, -0.2) is 8.42 Å². The number of hydrogen-bond acceptors (Lipinski definition) is 6. The lowest BCUT2D eigenvalue weighted by atomic mass is 10.1. The number of ether oxygens (including phenoxy) is 2. The molecule has 1 aromatic rings. The number of fused-ring (bicyclic) bond motifs is 1. The first-order valence-corrected chi connectivity index (χ1v) is 11.0. The molecule has 0 saturated carbocycles. The summed E-state index contributed by atoms with van der Waals surface area (Å²) >= 11 is 1.40. The van der Waals surface area contributed by atoms with Gasteiger partial charge in [-0.3, -0.25) is 4.79 Å². The highest BCUT2D eigenvalue weighted by atomic mass is 32.2. The fourth-order valence-electron chi connectivity index (χ4n) is 3.32. The maximum absolute atomic E-state index is 12.4. The predicted octanol–water partition coefficient (Wildman–Crippen LogP) is 1.36. The molecular weight excluding hydrogens is 376 g/mol. The molecule has 2 atom stereocenters. The van der Waals surface area contributed by atoms with Crippen molar-refractivity contribution in [1.82, 2.24) is 4.90 Å². The van der Waals surface area contributed by atoms with E-state index in [1.807, 2.05) is 11.8 Å². The van der Waals surface area contributed by atoms with E-state index in [2.05, 4.69) is 4.99 Å². The number of thioether (sulfide) groups is 1. The van der Waals surface area contributed by atoms with Crippen molar-refractivity contribution in [3.63, 3.8) is 0 Å². The molecule has 3 rings (SSSR count). The van der Waals surface area contributed by atoms with Gasteiger partial charge in [0, 0.05) is 11.8 Å². The number of sulfone groups is 1. The molecule has 0 N–H and O–H groups in total. The molecule has 0 aliphatic carbocycles. The van der Waals surface area contributed by atoms with E-state index in [1.54, 1.807) is 32.4 Å². The van der Waals surface area contributed by atoms with E-state index >= 15 is 0 Å². The summed E-state index contributed by atoms with van der Waals surface area (Å²) in [7, 11) is 0.113. The molecule has 2 fully saturated rings. The molecule has 0 spiro atoms. The molecule has 2 heterocycles. The van der Waals surface area contributed by atoms with Crippen LogP contribution in [0.2, 0.25) is 0 Å². The highest BCUT2D eigenvalue weighted by molar-refractivity contribution is 8.15. The van der Waals surface area contributed by atoms with Crippen molar-refractivity contribution in [3.8, 4) is 11.5 Å². The van der Waals surface area contributed by atoms with Gasteiger partial charge in [-0.15, -0.1) is 0 Å². The van der Waals surface area contributed by atoms with Crippen molar-refractivity contribution >= 4 is 32.7 Å². The fraction of sp³-hybridized carbons (Fsp3) is 0.529. The van der Waals surface area contributed by atoms with Crippen LogP contribution in [0.5, 0.6) is 11.5 Å². The van der Waals surface area contributed by atoms with Gasteiger partial charge in [0.15, 0.2) is 26.5 Å². The van der Waals surface area contributed by atoms with Crippen molar-refractivity contribution in [1.29, 1.82) is 0 Å². The van der Waals surface area contributed by atoms with Crippen LogP contribution in [0.25, 0.3) is 0 Å². The molecule has 142 valence electrons. The van der Waals surface area contributed by atoms with E-state index in [9.17, 15) is 13.2 Å². The summed E-state index contributed by atoms with van der Waals surface area (Å²) in [5, 5.41) is 0.593. The van der Waals surface area contributed by atoms with Crippen LogP contribution in [0.15, 0.2) is 23.2 Å². The molecule has 9 heteroatoms. The lowest BCUT2D eigenvalue weighted by Crippen LogP contribution is -2.37. The van der Waals surface area contributed by atoms with Crippen LogP contribution < -0.4 is 9.47 Å². The Morgan fingerprint density at radius 2 is 2.00 bits per heavy atom. The summed E-state index contributed by atoms with van der Waals surface area (Å²) < 4.78 is 34.1. The fourth-order valence-corrected chi connectivity index (χ4v) is 7.35. The third-order valence-corrected chi connectivity index (χ3v) is 7.79. The standard InChI is InChI=1S/C17H22N2O5S2/c1-4-19-12-9-26(21,22)10-15(12)25-17(19)18-16(20)8-11-5-6-13(23-2)14(7-11)24-3/h5-7,12,15H,4,8-10H2,1-3H3/t12-,15+/m1/s1. The van der Waals surface area contributed by atoms with Gasteiger partial charge >= 0.3 is 0 Å². The molecule has 2 aliphatic heterocycles. The molecule has 1 aromatic carbocycles. The third-order valence-electron chi connectivity index (χ3n) is 4.54. The van der Waals surface area contributed by atoms with Crippen LogP contribution in [-0.4, -0.2) is 68.0 Å². The van der Waals surface area contributed by atoms with Crippen molar-refractivity contribution in [2.45, 2.75) is 24.6 Å². The van der Waals surface area contributed by atoms with Crippen LogP contribution >= 0.6 is 11.8 Å². The molecule has 1 amide bonds. The zero-order chi connectivity index (χ0) is 18.9. The molecule has 26 heavy (non-hydrogen) atoms. The zero-order valence-electron chi connectivity index (χ0n) is 15.0. The minimum atomic E-state index is -2.99. The summed E-state index contributed by atoms with van der Waals surface area (Å²) in [6, 6.07) is 5.24. The van der Waals surface area contributed by atoms with E-state index in [0.717, 1.165) is 5.56 Å². The summed E-state index contributed by atoms with van der Waals surface area (Å²) in [6.07, 6.45) is 0.148. The number of hydrogen-bond donors (Lipinski definition) is 0. The molecule has 0 aromatic heterocycles. The lowest BCUT2D eigenvalue weighted by Gasteiger charge is -2.22. The number of rotatable bonds is 5. The van der Waals surface area contributed by atoms with Gasteiger partial charge in [0.2, 0.25) is 0 Å². The van der Waals surface area contributed by atoms with Gasteiger partial charge < -0.3 is 14.4 Å². The summed E-state index contributed by atoms with van der Waals surface area (Å²) in [5.41, 5.74) is 0.783. The Morgan fingerprint density at radius 3 is 2.65 bits per heavy atom. The first-order chi connectivity index (χ1) is 12.4. The Labute approximate surface area is 157 Å². The lowest BCUT2D eigenvalue weighted by molar-refractivity contribution is -0.117. The van der Waals surface area contributed by atoms with Crippen LogP contribution in [0.3, 0.4) is 0 Å². The number of nitrogens with zero attached hydrogens (tertiary/aromatic N) is 2. The zero-order valence-corrected chi connectivity index (χ0v) is 16.6. The molecule has 2 aliphatic rings. The summed E-state index contributed by atoms with van der Waals surface area (Å²) in [5.74, 6) is 1.20. The number of benzene rings is 1. The largest absolute Gasteiger partial charge is 0.493 e. The predicted molar refractivity (Wildman–Crippen MR) is 102 cm³/mol. The van der Waals surface area contributed by atoms with Gasteiger partial charge in [-0.2, -0.15) is 4.99 Å². The first kappa shape index (κ1) is 19.0. The Kier molecular flexibility index (Phi) is 5.47. The topological polar surface area (TPSA) is 85.3 Å². The van der Waals surface area contributed by atoms with Gasteiger partial charge in [0.1, 0.15) is 0 Å². The highest BCUT2D eigenvalue weighted by Crippen LogP contribution is 2.38. The average molecular weight is 399 g/mol. The quantitative estimate of drug-likeness (QED) is 0.740. The molecular formula is C17H22N2O5S2. The van der Waals surface area contributed by atoms with Crippen molar-refractivity contribution in [3.05, 3.63) is 23.8 Å². The maximum atomic E-state index is 12.4. The Balaban J connectivity index is 1.73. The number of carbonyl (C=O) groups excluding carboxylic acids is 1. The van der Waals surface area contributed by atoms with Gasteiger partial charge in [0.25, 0.3) is 5.91 Å². The number of amides is 1. The smallest absolute Gasteiger partial charge is 0.252 e. The number of methoxy groups -OCH3 is 2. The van der Waals surface area contributed by atoms with Gasteiger partial charge in [-0.05, 0) is 24.6 Å². The van der Waals surface area contributed by atoms with Gasteiger partial charge in [0.05, 0.1) is 38.2 Å². The van der Waals surface area contributed by atoms with Crippen molar-refractivity contribution < 1.29 is 22.7 Å². The van der Waals surface area contributed by atoms with Crippen LogP contribution in [0.1, 0.15) is 12.5 Å². The second-order valence-corrected chi connectivity index (χ2v) is 9.60. The van der Waals surface area contributed by atoms with Crippen LogP contribution in [0, 0.1) is 0 Å². The Hall–Kier alpha value is -1.74. The summed E-state index contributed by atoms with van der Waals surface area (Å²) in [4.78, 5) is 18.6. The van der Waals surface area contributed by atoms with E-state index in [1.165, 1.54) is 11.8 Å². The monoisotopic (exact) mass is 398 g/mol. The minimum absolute atomic E-state index is 0.0346. The first-order valence-electron chi connectivity index (χ1n) is 8.33. The van der Waals surface area contributed by atoms with E-state index in [-0.39, 0.29) is 35.1 Å².